The highest BCUT2D eigenvalue weighted by Crippen LogP contribution is 2.06. The van der Waals surface area contributed by atoms with Crippen LogP contribution in [0.3, 0.4) is 0 Å². The van der Waals surface area contributed by atoms with Crippen molar-refractivity contribution in [2.45, 2.75) is 38.2 Å². The molecule has 0 rings (SSSR count). The monoisotopic (exact) mass is 175 g/mol. The summed E-state index contributed by atoms with van der Waals surface area (Å²) in [5.74, 6) is 0. The van der Waals surface area contributed by atoms with E-state index < -0.39 is 0 Å². The minimum atomic E-state index is -0.335. The van der Waals surface area contributed by atoms with Gasteiger partial charge in [0.15, 0.2) is 0 Å². The summed E-state index contributed by atoms with van der Waals surface area (Å²) in [6.07, 6.45) is 3.24. The zero-order chi connectivity index (χ0) is 9.23. The van der Waals surface area contributed by atoms with Crippen LogP contribution in [-0.2, 0) is 0 Å². The molecule has 0 aliphatic heterocycles. The fraction of sp³-hybridized carbons (Fsp3) is 1.00. The number of aliphatic hydroxyl groups is 2. The second-order valence-corrected chi connectivity index (χ2v) is 2.87. The first kappa shape index (κ1) is 11.5. The van der Waals surface area contributed by atoms with E-state index in [0.717, 1.165) is 12.8 Å². The molecule has 0 aliphatic carbocycles. The first-order chi connectivity index (χ1) is 5.81. The normalized spacial score (nSPS) is 12.8. The van der Waals surface area contributed by atoms with E-state index in [1.54, 1.807) is 0 Å². The number of nitroso groups, excluding NO2 is 1. The molecule has 4 heteroatoms. The Balaban J connectivity index is 3.09. The fourth-order valence-electron chi connectivity index (χ4n) is 1.03. The Hall–Kier alpha value is -0.480. The Labute approximate surface area is 72.6 Å². The van der Waals surface area contributed by atoms with Crippen LogP contribution in [0.15, 0.2) is 5.18 Å². The van der Waals surface area contributed by atoms with Gasteiger partial charge in [0.1, 0.15) is 0 Å². The number of rotatable bonds is 8. The molecule has 0 aromatic carbocycles. The topological polar surface area (TPSA) is 69.9 Å². The lowest BCUT2D eigenvalue weighted by Crippen LogP contribution is -2.06. The van der Waals surface area contributed by atoms with Crippen molar-refractivity contribution >= 4 is 0 Å². The number of hydrogen-bond acceptors (Lipinski definition) is 4. The lowest BCUT2D eigenvalue weighted by atomic mass is 10.1. The molecule has 0 amide bonds. The van der Waals surface area contributed by atoms with Crippen LogP contribution in [0.4, 0.5) is 0 Å². The Morgan fingerprint density at radius 2 is 1.83 bits per heavy atom. The number of aliphatic hydroxyl groups excluding tert-OH is 2. The van der Waals surface area contributed by atoms with Crippen LogP contribution in [0.25, 0.3) is 0 Å². The third-order valence-corrected chi connectivity index (χ3v) is 1.73. The zero-order valence-electron chi connectivity index (χ0n) is 7.28. The summed E-state index contributed by atoms with van der Waals surface area (Å²) in [7, 11) is 0. The van der Waals surface area contributed by atoms with Crippen LogP contribution in [-0.4, -0.2) is 29.5 Å². The molecule has 1 atom stereocenters. The van der Waals surface area contributed by atoms with Crippen LogP contribution < -0.4 is 0 Å². The molecule has 4 nitrogen and oxygen atoms in total. The zero-order valence-corrected chi connectivity index (χ0v) is 7.28. The predicted octanol–water partition coefficient (Wildman–Crippen LogP) is 1.06. The van der Waals surface area contributed by atoms with Crippen molar-refractivity contribution in [1.82, 2.24) is 0 Å². The second-order valence-electron chi connectivity index (χ2n) is 2.87. The fourth-order valence-corrected chi connectivity index (χ4v) is 1.03. The maximum Gasteiger partial charge on any atom is 0.0812 e. The minimum absolute atomic E-state index is 0.183. The summed E-state index contributed by atoms with van der Waals surface area (Å²) < 4.78 is 0. The van der Waals surface area contributed by atoms with Crippen molar-refractivity contribution in [3.05, 3.63) is 4.91 Å². The highest BCUT2D eigenvalue weighted by Gasteiger charge is 2.02. The summed E-state index contributed by atoms with van der Waals surface area (Å²) in [4.78, 5) is 9.68. The predicted molar refractivity (Wildman–Crippen MR) is 46.8 cm³/mol. The van der Waals surface area contributed by atoms with Gasteiger partial charge in [-0.1, -0.05) is 5.18 Å². The molecule has 0 heterocycles. The molecule has 0 aromatic rings. The van der Waals surface area contributed by atoms with Crippen molar-refractivity contribution in [3.8, 4) is 0 Å². The molecule has 0 aromatic heterocycles. The maximum absolute atomic E-state index is 9.68. The SMILES string of the molecule is O=NCCCC(O)CCCCO. The van der Waals surface area contributed by atoms with Crippen LogP contribution in [0.5, 0.6) is 0 Å². The molecular formula is C8H17NO3. The molecule has 0 fully saturated rings. The average Bonchev–Trinajstić information content (AvgIpc) is 2.06. The summed E-state index contributed by atoms with van der Waals surface area (Å²) in [5, 5.41) is 20.4. The van der Waals surface area contributed by atoms with Gasteiger partial charge in [-0.25, -0.2) is 0 Å². The van der Waals surface area contributed by atoms with Gasteiger partial charge in [0.2, 0.25) is 0 Å². The van der Waals surface area contributed by atoms with E-state index in [-0.39, 0.29) is 19.3 Å². The summed E-state index contributed by atoms with van der Waals surface area (Å²) in [5.41, 5.74) is 0. The van der Waals surface area contributed by atoms with Crippen LogP contribution in [0, 0.1) is 4.91 Å². The van der Waals surface area contributed by atoms with Gasteiger partial charge in [-0.2, -0.15) is 4.91 Å². The number of nitrogens with zero attached hydrogens (tertiary/aromatic N) is 1. The largest absolute Gasteiger partial charge is 0.396 e. The van der Waals surface area contributed by atoms with Gasteiger partial charge in [0.25, 0.3) is 0 Å². The maximum atomic E-state index is 9.68. The standard InChI is InChI=1S/C8H17NO3/c10-7-2-1-4-8(11)5-3-6-9-12/h8,10-11H,1-7H2. The molecule has 0 bridgehead atoms. The Kier molecular flexibility index (Phi) is 8.27. The lowest BCUT2D eigenvalue weighted by molar-refractivity contribution is 0.146. The molecule has 0 aliphatic rings. The quantitative estimate of drug-likeness (QED) is 0.428. The molecule has 2 N–H and O–H groups in total. The van der Waals surface area contributed by atoms with Crippen LogP contribution in [0.2, 0.25) is 0 Å². The van der Waals surface area contributed by atoms with Gasteiger partial charge >= 0.3 is 0 Å². The van der Waals surface area contributed by atoms with Crippen molar-refractivity contribution in [1.29, 1.82) is 0 Å². The Morgan fingerprint density at radius 1 is 1.17 bits per heavy atom. The lowest BCUT2D eigenvalue weighted by Gasteiger charge is -2.07. The highest BCUT2D eigenvalue weighted by molar-refractivity contribution is 4.57. The molecule has 1 unspecified atom stereocenters. The first-order valence-corrected chi connectivity index (χ1v) is 4.39. The molecule has 0 spiro atoms. The second kappa shape index (κ2) is 8.62. The Morgan fingerprint density at radius 3 is 2.42 bits per heavy atom. The van der Waals surface area contributed by atoms with Gasteiger partial charge < -0.3 is 10.2 Å². The van der Waals surface area contributed by atoms with Gasteiger partial charge in [-0.05, 0) is 32.1 Å². The summed E-state index contributed by atoms with van der Waals surface area (Å²) in [6, 6.07) is 0. The van der Waals surface area contributed by atoms with Gasteiger partial charge in [0, 0.05) is 6.61 Å². The van der Waals surface area contributed by atoms with E-state index in [2.05, 4.69) is 5.18 Å². The van der Waals surface area contributed by atoms with E-state index in [1.807, 2.05) is 0 Å². The van der Waals surface area contributed by atoms with E-state index in [0.29, 0.717) is 19.3 Å². The minimum Gasteiger partial charge on any atom is -0.396 e. The number of unbranched alkanes of at least 4 members (excludes halogenated alkanes) is 1. The van der Waals surface area contributed by atoms with Crippen molar-refractivity contribution in [2.24, 2.45) is 5.18 Å². The Bertz CT molecular complexity index is 108. The van der Waals surface area contributed by atoms with Crippen molar-refractivity contribution in [2.75, 3.05) is 13.2 Å². The van der Waals surface area contributed by atoms with E-state index in [1.165, 1.54) is 0 Å². The van der Waals surface area contributed by atoms with E-state index in [9.17, 15) is 10.0 Å². The van der Waals surface area contributed by atoms with E-state index >= 15 is 0 Å². The van der Waals surface area contributed by atoms with E-state index in [4.69, 9.17) is 5.11 Å². The van der Waals surface area contributed by atoms with Gasteiger partial charge in [0.05, 0.1) is 12.6 Å². The third kappa shape index (κ3) is 7.63. The molecule has 0 saturated carbocycles. The number of hydrogen-bond donors (Lipinski definition) is 2. The van der Waals surface area contributed by atoms with Crippen LogP contribution in [0.1, 0.15) is 32.1 Å². The molecule has 0 saturated heterocycles. The van der Waals surface area contributed by atoms with Crippen molar-refractivity contribution < 1.29 is 10.2 Å². The van der Waals surface area contributed by atoms with Gasteiger partial charge in [-0.15, -0.1) is 0 Å². The van der Waals surface area contributed by atoms with Crippen molar-refractivity contribution in [3.63, 3.8) is 0 Å². The molecular weight excluding hydrogens is 158 g/mol. The first-order valence-electron chi connectivity index (χ1n) is 4.39. The third-order valence-electron chi connectivity index (χ3n) is 1.73. The summed E-state index contributed by atoms with van der Waals surface area (Å²) in [6.45, 7) is 0.472. The smallest absolute Gasteiger partial charge is 0.0812 e. The van der Waals surface area contributed by atoms with Gasteiger partial charge in [-0.3, -0.25) is 0 Å². The molecule has 72 valence electrons. The molecule has 0 radical (unpaired) electrons. The average molecular weight is 175 g/mol. The molecule has 12 heavy (non-hydrogen) atoms. The summed E-state index contributed by atoms with van der Waals surface area (Å²) >= 11 is 0. The highest BCUT2D eigenvalue weighted by atomic mass is 16.3. The van der Waals surface area contributed by atoms with Crippen LogP contribution >= 0.6 is 0 Å².